The van der Waals surface area contributed by atoms with Gasteiger partial charge < -0.3 is 15.7 Å². The summed E-state index contributed by atoms with van der Waals surface area (Å²) in [6, 6.07) is -1.80. The lowest BCUT2D eigenvalue weighted by atomic mass is 10.2. The number of carboxylic acids is 1. The number of aliphatic carboxylic acids is 1. The van der Waals surface area contributed by atoms with Crippen molar-refractivity contribution in [2.24, 2.45) is 0 Å². The van der Waals surface area contributed by atoms with Gasteiger partial charge in [0.05, 0.1) is 18.1 Å². The summed E-state index contributed by atoms with van der Waals surface area (Å²) in [6.45, 7) is 0. The van der Waals surface area contributed by atoms with Gasteiger partial charge in [-0.1, -0.05) is 0 Å². The largest absolute Gasteiger partial charge is 0.480 e. The highest BCUT2D eigenvalue weighted by molar-refractivity contribution is 5.92. The first-order chi connectivity index (χ1) is 8.13. The van der Waals surface area contributed by atoms with Crippen molar-refractivity contribution in [3.8, 4) is 12.3 Å². The minimum atomic E-state index is -1.19. The normalized spacial score (nSPS) is 11.0. The number of nitrogens with zero attached hydrogens (tertiary/aromatic N) is 2. The van der Waals surface area contributed by atoms with Crippen molar-refractivity contribution in [2.75, 3.05) is 5.32 Å². The Bertz CT molecular complexity index is 441. The quantitative estimate of drug-likeness (QED) is 0.640. The average Bonchev–Trinajstić information content (AvgIpc) is 2.29. The summed E-state index contributed by atoms with van der Waals surface area (Å²) in [5.41, 5.74) is 0.356. The molecule has 2 amide bonds. The van der Waals surface area contributed by atoms with E-state index in [-0.39, 0.29) is 6.42 Å². The Labute approximate surface area is 97.3 Å². The van der Waals surface area contributed by atoms with Gasteiger partial charge >= 0.3 is 12.0 Å². The van der Waals surface area contributed by atoms with Gasteiger partial charge in [0.25, 0.3) is 0 Å². The molecule has 0 saturated heterocycles. The summed E-state index contributed by atoms with van der Waals surface area (Å²) in [5, 5.41) is 13.4. The molecule has 0 spiro atoms. The lowest BCUT2D eigenvalue weighted by Crippen LogP contribution is -2.42. The van der Waals surface area contributed by atoms with Crippen LogP contribution in [-0.2, 0) is 4.79 Å². The Hall–Kier alpha value is -2.62. The van der Waals surface area contributed by atoms with E-state index in [0.29, 0.717) is 5.69 Å². The summed E-state index contributed by atoms with van der Waals surface area (Å²) in [6.07, 6.45) is 8.97. The zero-order valence-corrected chi connectivity index (χ0v) is 8.75. The van der Waals surface area contributed by atoms with Gasteiger partial charge in [0.2, 0.25) is 0 Å². The summed E-state index contributed by atoms with van der Waals surface area (Å²) in [5.74, 6) is 0.978. The molecule has 1 unspecified atom stereocenters. The van der Waals surface area contributed by atoms with Gasteiger partial charge in [0, 0.05) is 6.42 Å². The summed E-state index contributed by atoms with van der Waals surface area (Å²) < 4.78 is 0. The number of terminal acetylenes is 1. The molecule has 0 fully saturated rings. The van der Waals surface area contributed by atoms with Crippen LogP contribution in [0.25, 0.3) is 0 Å². The Morgan fingerprint density at radius 3 is 2.65 bits per heavy atom. The number of carbonyl (C=O) groups is 2. The molecule has 0 aliphatic carbocycles. The maximum atomic E-state index is 11.4. The molecule has 1 aromatic rings. The van der Waals surface area contributed by atoms with Gasteiger partial charge in [-0.2, -0.15) is 0 Å². The SMILES string of the molecule is C#CCC(NC(=O)Nc1cncnc1)C(=O)O. The van der Waals surface area contributed by atoms with E-state index in [2.05, 4.69) is 26.5 Å². The van der Waals surface area contributed by atoms with Crippen LogP contribution in [0.2, 0.25) is 0 Å². The number of hydrogen-bond acceptors (Lipinski definition) is 4. The lowest BCUT2D eigenvalue weighted by molar-refractivity contribution is -0.139. The molecule has 0 aromatic carbocycles. The van der Waals surface area contributed by atoms with Crippen LogP contribution in [-0.4, -0.2) is 33.1 Å². The Kier molecular flexibility index (Phi) is 4.45. The number of hydrogen-bond donors (Lipinski definition) is 3. The van der Waals surface area contributed by atoms with E-state index in [4.69, 9.17) is 11.5 Å². The zero-order valence-electron chi connectivity index (χ0n) is 8.75. The monoisotopic (exact) mass is 234 g/mol. The van der Waals surface area contributed by atoms with E-state index in [0.717, 1.165) is 0 Å². The number of urea groups is 1. The van der Waals surface area contributed by atoms with Crippen LogP contribution in [0, 0.1) is 12.3 Å². The summed E-state index contributed by atoms with van der Waals surface area (Å²) in [4.78, 5) is 29.5. The van der Waals surface area contributed by atoms with Crippen LogP contribution < -0.4 is 10.6 Å². The predicted octanol–water partition coefficient (Wildman–Crippen LogP) is 0.0746. The molecule has 7 nitrogen and oxygen atoms in total. The van der Waals surface area contributed by atoms with Gasteiger partial charge in [0.15, 0.2) is 0 Å². The first-order valence-electron chi connectivity index (χ1n) is 4.62. The number of aromatic nitrogens is 2. The fourth-order valence-corrected chi connectivity index (χ4v) is 1.01. The fourth-order valence-electron chi connectivity index (χ4n) is 1.01. The molecule has 3 N–H and O–H groups in total. The average molecular weight is 234 g/mol. The van der Waals surface area contributed by atoms with Crippen LogP contribution in [0.5, 0.6) is 0 Å². The van der Waals surface area contributed by atoms with E-state index in [1.54, 1.807) is 0 Å². The predicted molar refractivity (Wildman–Crippen MR) is 59.1 cm³/mol. The van der Waals surface area contributed by atoms with Crippen molar-refractivity contribution in [1.29, 1.82) is 0 Å². The summed E-state index contributed by atoms with van der Waals surface area (Å²) >= 11 is 0. The third kappa shape index (κ3) is 4.17. The molecule has 88 valence electrons. The molecule has 0 radical (unpaired) electrons. The third-order valence-electron chi connectivity index (χ3n) is 1.74. The molecule has 0 bridgehead atoms. The molecule has 1 rings (SSSR count). The van der Waals surface area contributed by atoms with Crippen LogP contribution in [0.15, 0.2) is 18.7 Å². The van der Waals surface area contributed by atoms with Crippen LogP contribution in [0.4, 0.5) is 10.5 Å². The number of amides is 2. The maximum absolute atomic E-state index is 11.4. The molecule has 17 heavy (non-hydrogen) atoms. The second-order valence-electron chi connectivity index (χ2n) is 3.02. The van der Waals surface area contributed by atoms with Crippen molar-refractivity contribution in [3.63, 3.8) is 0 Å². The standard InChI is InChI=1S/C10H10N4O3/c1-2-3-8(9(15)16)14-10(17)13-7-4-11-6-12-5-7/h1,4-6,8H,3H2,(H,15,16)(H2,13,14,17). The molecule has 1 atom stereocenters. The zero-order chi connectivity index (χ0) is 12.7. The minimum Gasteiger partial charge on any atom is -0.480 e. The molecular formula is C10H10N4O3. The molecular weight excluding hydrogens is 224 g/mol. The van der Waals surface area contributed by atoms with Crippen molar-refractivity contribution in [3.05, 3.63) is 18.7 Å². The van der Waals surface area contributed by atoms with Crippen LogP contribution in [0.1, 0.15) is 6.42 Å². The number of anilines is 1. The van der Waals surface area contributed by atoms with E-state index >= 15 is 0 Å². The van der Waals surface area contributed by atoms with E-state index in [9.17, 15) is 9.59 Å². The Balaban J connectivity index is 2.54. The second kappa shape index (κ2) is 6.07. The second-order valence-corrected chi connectivity index (χ2v) is 3.02. The Morgan fingerprint density at radius 2 is 2.12 bits per heavy atom. The summed E-state index contributed by atoms with van der Waals surface area (Å²) in [7, 11) is 0. The number of rotatable bonds is 4. The highest BCUT2D eigenvalue weighted by Gasteiger charge is 2.18. The number of carbonyl (C=O) groups excluding carboxylic acids is 1. The van der Waals surface area contributed by atoms with Gasteiger partial charge in [-0.05, 0) is 0 Å². The minimum absolute atomic E-state index is 0.0892. The highest BCUT2D eigenvalue weighted by Crippen LogP contribution is 2.00. The maximum Gasteiger partial charge on any atom is 0.327 e. The third-order valence-corrected chi connectivity index (χ3v) is 1.74. The topological polar surface area (TPSA) is 104 Å². The van der Waals surface area contributed by atoms with Gasteiger partial charge in [-0.25, -0.2) is 19.6 Å². The van der Waals surface area contributed by atoms with E-state index in [1.165, 1.54) is 18.7 Å². The molecule has 0 saturated carbocycles. The van der Waals surface area contributed by atoms with Crippen LogP contribution >= 0.6 is 0 Å². The van der Waals surface area contributed by atoms with E-state index < -0.39 is 18.0 Å². The molecule has 7 heteroatoms. The first kappa shape index (κ1) is 12.4. The van der Waals surface area contributed by atoms with E-state index in [1.807, 2.05) is 0 Å². The number of nitrogens with one attached hydrogen (secondary N) is 2. The molecule has 0 aliphatic rings. The van der Waals surface area contributed by atoms with Gasteiger partial charge in [-0.3, -0.25) is 0 Å². The first-order valence-corrected chi connectivity index (χ1v) is 4.62. The van der Waals surface area contributed by atoms with Crippen molar-refractivity contribution >= 4 is 17.7 Å². The molecule has 0 aliphatic heterocycles. The smallest absolute Gasteiger partial charge is 0.327 e. The van der Waals surface area contributed by atoms with Gasteiger partial charge in [-0.15, -0.1) is 12.3 Å². The van der Waals surface area contributed by atoms with Crippen molar-refractivity contribution < 1.29 is 14.7 Å². The molecule has 1 aromatic heterocycles. The fraction of sp³-hybridized carbons (Fsp3) is 0.200. The lowest BCUT2D eigenvalue weighted by Gasteiger charge is -2.12. The molecule has 1 heterocycles. The Morgan fingerprint density at radius 1 is 1.47 bits per heavy atom. The van der Waals surface area contributed by atoms with Crippen molar-refractivity contribution in [2.45, 2.75) is 12.5 Å². The van der Waals surface area contributed by atoms with Gasteiger partial charge in [0.1, 0.15) is 12.4 Å². The van der Waals surface area contributed by atoms with Crippen LogP contribution in [0.3, 0.4) is 0 Å². The van der Waals surface area contributed by atoms with Crippen molar-refractivity contribution in [1.82, 2.24) is 15.3 Å². The number of carboxylic acid groups (broad SMARTS) is 1. The highest BCUT2D eigenvalue weighted by atomic mass is 16.4.